The van der Waals surface area contributed by atoms with Crippen LogP contribution in [0.1, 0.15) is 29.2 Å². The van der Waals surface area contributed by atoms with Gasteiger partial charge >= 0.3 is 0 Å². The summed E-state index contributed by atoms with van der Waals surface area (Å²) in [6.07, 6.45) is 1.59. The zero-order valence-electron chi connectivity index (χ0n) is 18.7. The molecule has 3 aromatic rings. The van der Waals surface area contributed by atoms with Crippen LogP contribution in [0, 0.1) is 6.92 Å². The van der Waals surface area contributed by atoms with Gasteiger partial charge in [0, 0.05) is 10.8 Å². The average molecular weight is 483 g/mol. The number of nitrogens with one attached hydrogen (secondary N) is 1. The number of amides is 1. The van der Waals surface area contributed by atoms with Gasteiger partial charge in [0.25, 0.3) is 0 Å². The van der Waals surface area contributed by atoms with Crippen LogP contribution in [0.4, 0.5) is 0 Å². The Morgan fingerprint density at radius 3 is 2.70 bits per heavy atom. The van der Waals surface area contributed by atoms with E-state index in [2.05, 4.69) is 29.6 Å². The molecule has 1 amide bonds. The Kier molecular flexibility index (Phi) is 9.66. The Morgan fingerprint density at radius 2 is 1.91 bits per heavy atom. The molecule has 1 N–H and O–H groups in total. The minimum absolute atomic E-state index is 0.142. The Hall–Kier alpha value is -2.96. The van der Waals surface area contributed by atoms with Crippen LogP contribution in [0.3, 0.4) is 0 Å². The highest BCUT2D eigenvalue weighted by Crippen LogP contribution is 2.29. The van der Waals surface area contributed by atoms with E-state index in [4.69, 9.17) is 21.1 Å². The smallest absolute Gasteiger partial charge is 0.250 e. The molecule has 5 nitrogen and oxygen atoms in total. The molecule has 3 aromatic carbocycles. The molecule has 3 rings (SSSR count). The SMILES string of the molecule is CCOc1cc(C=NNC(=O)CSCc2ccccc2C)ccc1OCc1cccc(Cl)c1. The number of aryl methyl sites for hydroxylation is 1. The van der Waals surface area contributed by atoms with Crippen molar-refractivity contribution < 1.29 is 14.3 Å². The molecule has 0 aliphatic carbocycles. The molecule has 0 atom stereocenters. The van der Waals surface area contributed by atoms with E-state index < -0.39 is 0 Å². The lowest BCUT2D eigenvalue weighted by atomic mass is 10.1. The predicted molar refractivity (Wildman–Crippen MR) is 136 cm³/mol. The first-order chi connectivity index (χ1) is 16.0. The molecule has 0 unspecified atom stereocenters. The van der Waals surface area contributed by atoms with Crippen LogP contribution in [0.25, 0.3) is 0 Å². The molecule has 33 heavy (non-hydrogen) atoms. The molecule has 0 heterocycles. The van der Waals surface area contributed by atoms with E-state index in [1.165, 1.54) is 11.1 Å². The average Bonchev–Trinajstić information content (AvgIpc) is 2.80. The summed E-state index contributed by atoms with van der Waals surface area (Å²) in [6.45, 7) is 4.87. The fraction of sp³-hybridized carbons (Fsp3) is 0.231. The number of hydrogen-bond acceptors (Lipinski definition) is 5. The predicted octanol–water partition coefficient (Wildman–Crippen LogP) is 6.01. The number of benzene rings is 3. The first-order valence-electron chi connectivity index (χ1n) is 10.6. The number of nitrogens with zero attached hydrogens (tertiary/aromatic N) is 1. The number of halogens is 1. The molecule has 0 saturated carbocycles. The third-order valence-corrected chi connectivity index (χ3v) is 5.92. The third kappa shape index (κ3) is 8.15. The zero-order chi connectivity index (χ0) is 23.5. The van der Waals surface area contributed by atoms with Crippen molar-refractivity contribution >= 4 is 35.5 Å². The summed E-state index contributed by atoms with van der Waals surface area (Å²) in [7, 11) is 0. The van der Waals surface area contributed by atoms with E-state index in [9.17, 15) is 4.79 Å². The summed E-state index contributed by atoms with van der Waals surface area (Å²) in [4.78, 5) is 12.1. The number of carbonyl (C=O) groups is 1. The van der Waals surface area contributed by atoms with Crippen molar-refractivity contribution in [3.05, 3.63) is 94.0 Å². The molecule has 0 bridgehead atoms. The van der Waals surface area contributed by atoms with Crippen molar-refractivity contribution in [2.24, 2.45) is 5.10 Å². The van der Waals surface area contributed by atoms with Crippen LogP contribution in [0.5, 0.6) is 11.5 Å². The first-order valence-corrected chi connectivity index (χ1v) is 12.2. The van der Waals surface area contributed by atoms with Crippen LogP contribution in [-0.4, -0.2) is 24.5 Å². The van der Waals surface area contributed by atoms with Crippen molar-refractivity contribution in [2.45, 2.75) is 26.2 Å². The van der Waals surface area contributed by atoms with Crippen LogP contribution in [-0.2, 0) is 17.2 Å². The lowest BCUT2D eigenvalue weighted by Gasteiger charge is -2.12. The maximum atomic E-state index is 12.1. The van der Waals surface area contributed by atoms with Gasteiger partial charge in [-0.15, -0.1) is 11.8 Å². The normalized spacial score (nSPS) is 10.9. The van der Waals surface area contributed by atoms with Gasteiger partial charge in [-0.05, 0) is 66.4 Å². The van der Waals surface area contributed by atoms with Gasteiger partial charge in [0.05, 0.1) is 18.6 Å². The maximum absolute atomic E-state index is 12.1. The van der Waals surface area contributed by atoms with Gasteiger partial charge in [-0.2, -0.15) is 5.10 Å². The van der Waals surface area contributed by atoms with Gasteiger partial charge in [0.15, 0.2) is 11.5 Å². The minimum atomic E-state index is -0.142. The molecule has 0 spiro atoms. The van der Waals surface area contributed by atoms with Crippen molar-refractivity contribution in [3.63, 3.8) is 0 Å². The lowest BCUT2D eigenvalue weighted by Crippen LogP contribution is -2.19. The molecule has 0 radical (unpaired) electrons. The highest BCUT2D eigenvalue weighted by Gasteiger charge is 2.07. The van der Waals surface area contributed by atoms with E-state index in [0.717, 1.165) is 16.9 Å². The minimum Gasteiger partial charge on any atom is -0.490 e. The van der Waals surface area contributed by atoms with Crippen LogP contribution < -0.4 is 14.9 Å². The number of rotatable bonds is 11. The molecule has 0 aliphatic rings. The number of hydrazone groups is 1. The van der Waals surface area contributed by atoms with Crippen LogP contribution >= 0.6 is 23.4 Å². The monoisotopic (exact) mass is 482 g/mol. The van der Waals surface area contributed by atoms with Crippen LogP contribution in [0.15, 0.2) is 71.8 Å². The number of hydrogen-bond donors (Lipinski definition) is 1. The maximum Gasteiger partial charge on any atom is 0.250 e. The Bertz CT molecular complexity index is 1100. The molecule has 0 aliphatic heterocycles. The van der Waals surface area contributed by atoms with Crippen molar-refractivity contribution in [3.8, 4) is 11.5 Å². The number of ether oxygens (including phenoxy) is 2. The van der Waals surface area contributed by atoms with Gasteiger partial charge in [0.2, 0.25) is 5.91 Å². The third-order valence-electron chi connectivity index (χ3n) is 4.71. The second kappa shape index (κ2) is 12.9. The largest absolute Gasteiger partial charge is 0.490 e. The standard InChI is InChI=1S/C26H27ClN2O3S/c1-3-31-25-14-20(11-12-24(25)32-16-21-8-6-10-23(27)13-21)15-28-29-26(30)18-33-17-22-9-5-4-7-19(22)2/h4-15H,3,16-18H2,1-2H3,(H,29,30). The molecular weight excluding hydrogens is 456 g/mol. The highest BCUT2D eigenvalue weighted by atomic mass is 35.5. The second-order valence-corrected chi connectivity index (χ2v) is 8.69. The number of thioether (sulfide) groups is 1. The van der Waals surface area contributed by atoms with E-state index in [0.29, 0.717) is 35.5 Å². The Labute approximate surface area is 204 Å². The van der Waals surface area contributed by atoms with E-state index >= 15 is 0 Å². The summed E-state index contributed by atoms with van der Waals surface area (Å²) in [5.41, 5.74) is 6.81. The fourth-order valence-corrected chi connectivity index (χ4v) is 4.13. The van der Waals surface area contributed by atoms with Crippen molar-refractivity contribution in [2.75, 3.05) is 12.4 Å². The van der Waals surface area contributed by atoms with Crippen LogP contribution in [0.2, 0.25) is 5.02 Å². The first kappa shape index (κ1) is 24.7. The van der Waals surface area contributed by atoms with Gasteiger partial charge in [0.1, 0.15) is 6.61 Å². The van der Waals surface area contributed by atoms with Crippen molar-refractivity contribution in [1.82, 2.24) is 5.43 Å². The topological polar surface area (TPSA) is 59.9 Å². The van der Waals surface area contributed by atoms with Gasteiger partial charge in [-0.1, -0.05) is 48.0 Å². The summed E-state index contributed by atoms with van der Waals surface area (Å²) in [6, 6.07) is 21.2. The van der Waals surface area contributed by atoms with Gasteiger partial charge in [-0.25, -0.2) is 5.43 Å². The van der Waals surface area contributed by atoms with E-state index in [1.807, 2.05) is 61.5 Å². The lowest BCUT2D eigenvalue weighted by molar-refractivity contribution is -0.118. The summed E-state index contributed by atoms with van der Waals surface area (Å²) in [5, 5.41) is 4.74. The molecule has 172 valence electrons. The highest BCUT2D eigenvalue weighted by molar-refractivity contribution is 7.99. The molecule has 0 fully saturated rings. The quantitative estimate of drug-likeness (QED) is 0.268. The van der Waals surface area contributed by atoms with E-state index in [-0.39, 0.29) is 5.91 Å². The molecular formula is C26H27ClN2O3S. The molecule has 0 aromatic heterocycles. The fourth-order valence-electron chi connectivity index (χ4n) is 3.02. The molecule has 7 heteroatoms. The Balaban J connectivity index is 1.51. The Morgan fingerprint density at radius 1 is 1.06 bits per heavy atom. The summed E-state index contributed by atoms with van der Waals surface area (Å²) >= 11 is 7.59. The number of carbonyl (C=O) groups excluding carboxylic acids is 1. The second-order valence-electron chi connectivity index (χ2n) is 7.27. The summed E-state index contributed by atoms with van der Waals surface area (Å²) < 4.78 is 11.6. The molecule has 0 saturated heterocycles. The van der Waals surface area contributed by atoms with Gasteiger partial charge < -0.3 is 9.47 Å². The van der Waals surface area contributed by atoms with Crippen molar-refractivity contribution in [1.29, 1.82) is 0 Å². The van der Waals surface area contributed by atoms with Gasteiger partial charge in [-0.3, -0.25) is 4.79 Å². The summed E-state index contributed by atoms with van der Waals surface area (Å²) in [5.74, 6) is 2.23. The van der Waals surface area contributed by atoms with E-state index in [1.54, 1.807) is 18.0 Å². The zero-order valence-corrected chi connectivity index (χ0v) is 20.3.